The highest BCUT2D eigenvalue weighted by atomic mass is 35.5. The smallest absolute Gasteiger partial charge is 0.289 e. The van der Waals surface area contributed by atoms with Gasteiger partial charge < -0.3 is 14.8 Å². The van der Waals surface area contributed by atoms with Gasteiger partial charge in [0.05, 0.1) is 4.92 Å². The maximum Gasteiger partial charge on any atom is 0.289 e. The van der Waals surface area contributed by atoms with Gasteiger partial charge in [-0.05, 0) is 29.8 Å². The lowest BCUT2D eigenvalue weighted by Gasteiger charge is -2.07. The Morgan fingerprint density at radius 2 is 2.00 bits per heavy atom. The van der Waals surface area contributed by atoms with Gasteiger partial charge in [0.25, 0.3) is 5.69 Å². The first-order valence-corrected chi connectivity index (χ1v) is 6.57. The summed E-state index contributed by atoms with van der Waals surface area (Å²) in [5, 5.41) is 14.1. The molecule has 108 valence electrons. The van der Waals surface area contributed by atoms with E-state index in [0.717, 1.165) is 11.3 Å². The van der Waals surface area contributed by atoms with Crippen LogP contribution in [0, 0.1) is 10.1 Å². The average Bonchev–Trinajstić information content (AvgIpc) is 2.93. The van der Waals surface area contributed by atoms with Crippen molar-refractivity contribution in [3.05, 3.63) is 57.1 Å². The number of nitro benzene ring substituents is 1. The first-order chi connectivity index (χ1) is 10.1. The van der Waals surface area contributed by atoms with Gasteiger partial charge in [0.15, 0.2) is 11.5 Å². The van der Waals surface area contributed by atoms with Gasteiger partial charge in [0.2, 0.25) is 6.79 Å². The van der Waals surface area contributed by atoms with Gasteiger partial charge in [0, 0.05) is 18.3 Å². The molecule has 0 radical (unpaired) electrons. The fourth-order valence-electron chi connectivity index (χ4n) is 2.02. The van der Waals surface area contributed by atoms with Gasteiger partial charge >= 0.3 is 0 Å². The molecule has 7 heteroatoms. The molecule has 2 aromatic rings. The molecule has 1 heterocycles. The molecular formula is C14H11ClN2O4. The van der Waals surface area contributed by atoms with Gasteiger partial charge in [-0.2, -0.15) is 0 Å². The number of nitrogens with one attached hydrogen (secondary N) is 1. The van der Waals surface area contributed by atoms with E-state index in [2.05, 4.69) is 5.32 Å². The van der Waals surface area contributed by atoms with Crippen molar-refractivity contribution >= 4 is 23.0 Å². The maximum absolute atomic E-state index is 10.8. The molecule has 0 fully saturated rings. The van der Waals surface area contributed by atoms with Crippen LogP contribution in [0.3, 0.4) is 0 Å². The van der Waals surface area contributed by atoms with Crippen LogP contribution < -0.4 is 14.8 Å². The molecule has 1 aliphatic rings. The summed E-state index contributed by atoms with van der Waals surface area (Å²) >= 11 is 5.77. The minimum Gasteiger partial charge on any atom is -0.454 e. The lowest BCUT2D eigenvalue weighted by molar-refractivity contribution is -0.384. The molecule has 0 aromatic heterocycles. The molecule has 2 aromatic carbocycles. The predicted octanol–water partition coefficient (Wildman–Crippen LogP) is 3.59. The molecule has 1 N–H and O–H groups in total. The molecule has 21 heavy (non-hydrogen) atoms. The highest BCUT2D eigenvalue weighted by Crippen LogP contribution is 2.33. The molecular weight excluding hydrogens is 296 g/mol. The van der Waals surface area contributed by atoms with Gasteiger partial charge in [0.1, 0.15) is 5.02 Å². The number of fused-ring (bicyclic) bond motifs is 1. The number of anilines is 1. The Morgan fingerprint density at radius 3 is 2.81 bits per heavy atom. The van der Waals surface area contributed by atoms with Crippen LogP contribution in [0.5, 0.6) is 11.5 Å². The van der Waals surface area contributed by atoms with E-state index in [1.165, 1.54) is 12.1 Å². The molecule has 0 atom stereocenters. The molecule has 0 saturated heterocycles. The van der Waals surface area contributed by atoms with E-state index in [0.29, 0.717) is 18.0 Å². The summed E-state index contributed by atoms with van der Waals surface area (Å²) in [6, 6.07) is 10.2. The fourth-order valence-corrected chi connectivity index (χ4v) is 2.20. The molecule has 0 aliphatic carbocycles. The number of ether oxygens (including phenoxy) is 2. The van der Waals surface area contributed by atoms with Crippen LogP contribution in [-0.4, -0.2) is 11.7 Å². The van der Waals surface area contributed by atoms with Crippen molar-refractivity contribution in [2.45, 2.75) is 6.54 Å². The third kappa shape index (κ3) is 2.85. The predicted molar refractivity (Wildman–Crippen MR) is 78.0 cm³/mol. The van der Waals surface area contributed by atoms with Crippen LogP contribution in [0.25, 0.3) is 0 Å². The first kappa shape index (κ1) is 13.5. The van der Waals surface area contributed by atoms with Crippen LogP contribution in [0.1, 0.15) is 5.56 Å². The summed E-state index contributed by atoms with van der Waals surface area (Å²) in [5.74, 6) is 1.43. The zero-order valence-electron chi connectivity index (χ0n) is 10.8. The SMILES string of the molecule is O=[N+]([O-])c1cc(NCc2ccc3c(c2)OCO3)ccc1Cl. The van der Waals surface area contributed by atoms with Crippen molar-refractivity contribution in [2.75, 3.05) is 12.1 Å². The molecule has 0 amide bonds. The standard InChI is InChI=1S/C14H11ClN2O4/c15-11-3-2-10(6-12(11)17(18)19)16-7-9-1-4-13-14(5-9)21-8-20-13/h1-6,16H,7-8H2. The quantitative estimate of drug-likeness (QED) is 0.690. The molecule has 3 rings (SSSR count). The third-order valence-electron chi connectivity index (χ3n) is 3.08. The molecule has 0 saturated carbocycles. The maximum atomic E-state index is 10.8. The number of nitro groups is 1. The summed E-state index contributed by atoms with van der Waals surface area (Å²) in [5.41, 5.74) is 1.49. The Kier molecular flexibility index (Phi) is 3.53. The van der Waals surface area contributed by atoms with E-state index in [1.807, 2.05) is 18.2 Å². The molecule has 0 bridgehead atoms. The lowest BCUT2D eigenvalue weighted by atomic mass is 10.2. The molecule has 1 aliphatic heterocycles. The van der Waals surface area contributed by atoms with Gasteiger partial charge in [-0.1, -0.05) is 17.7 Å². The summed E-state index contributed by atoms with van der Waals surface area (Å²) in [6.45, 7) is 0.741. The monoisotopic (exact) mass is 306 g/mol. The van der Waals surface area contributed by atoms with Gasteiger partial charge in [-0.25, -0.2) is 0 Å². The number of hydrogen-bond acceptors (Lipinski definition) is 5. The van der Waals surface area contributed by atoms with Gasteiger partial charge in [-0.15, -0.1) is 0 Å². The third-order valence-corrected chi connectivity index (χ3v) is 3.40. The van der Waals surface area contributed by atoms with E-state index in [9.17, 15) is 10.1 Å². The Hall–Kier alpha value is -2.47. The second kappa shape index (κ2) is 5.49. The van der Waals surface area contributed by atoms with Crippen LogP contribution in [0.4, 0.5) is 11.4 Å². The largest absolute Gasteiger partial charge is 0.454 e. The number of halogens is 1. The second-order valence-corrected chi connectivity index (χ2v) is 4.87. The van der Waals surface area contributed by atoms with E-state index >= 15 is 0 Å². The minimum atomic E-state index is -0.506. The molecule has 0 spiro atoms. The molecule has 0 unspecified atom stereocenters. The van der Waals surface area contributed by atoms with Crippen LogP contribution in [-0.2, 0) is 6.54 Å². The zero-order valence-corrected chi connectivity index (χ0v) is 11.6. The topological polar surface area (TPSA) is 73.6 Å². The van der Waals surface area contributed by atoms with Crippen molar-refractivity contribution < 1.29 is 14.4 Å². The van der Waals surface area contributed by atoms with Crippen molar-refractivity contribution in [3.63, 3.8) is 0 Å². The number of nitrogens with zero attached hydrogens (tertiary/aromatic N) is 1. The summed E-state index contributed by atoms with van der Waals surface area (Å²) < 4.78 is 10.5. The van der Waals surface area contributed by atoms with Crippen molar-refractivity contribution in [3.8, 4) is 11.5 Å². The Morgan fingerprint density at radius 1 is 1.19 bits per heavy atom. The van der Waals surface area contributed by atoms with Crippen molar-refractivity contribution in [1.29, 1.82) is 0 Å². The Balaban J connectivity index is 1.73. The van der Waals surface area contributed by atoms with Crippen LogP contribution in [0.2, 0.25) is 5.02 Å². The molecule has 6 nitrogen and oxygen atoms in total. The minimum absolute atomic E-state index is 0.118. The van der Waals surface area contributed by atoms with E-state index in [1.54, 1.807) is 6.07 Å². The second-order valence-electron chi connectivity index (χ2n) is 4.46. The first-order valence-electron chi connectivity index (χ1n) is 6.20. The highest BCUT2D eigenvalue weighted by Gasteiger charge is 2.14. The Bertz CT molecular complexity index is 705. The van der Waals surface area contributed by atoms with Crippen LogP contribution >= 0.6 is 11.6 Å². The number of rotatable bonds is 4. The summed E-state index contributed by atoms with van der Waals surface area (Å²) in [7, 11) is 0. The summed E-state index contributed by atoms with van der Waals surface area (Å²) in [6.07, 6.45) is 0. The van der Waals surface area contributed by atoms with E-state index < -0.39 is 4.92 Å². The number of benzene rings is 2. The zero-order chi connectivity index (χ0) is 14.8. The average molecular weight is 307 g/mol. The van der Waals surface area contributed by atoms with E-state index in [4.69, 9.17) is 21.1 Å². The summed E-state index contributed by atoms with van der Waals surface area (Å²) in [4.78, 5) is 10.3. The number of hydrogen-bond donors (Lipinski definition) is 1. The van der Waals surface area contributed by atoms with E-state index in [-0.39, 0.29) is 17.5 Å². The van der Waals surface area contributed by atoms with Crippen molar-refractivity contribution in [1.82, 2.24) is 0 Å². The van der Waals surface area contributed by atoms with Crippen molar-refractivity contribution in [2.24, 2.45) is 0 Å². The highest BCUT2D eigenvalue weighted by molar-refractivity contribution is 6.32. The van der Waals surface area contributed by atoms with Gasteiger partial charge in [-0.3, -0.25) is 10.1 Å². The Labute approximate surface area is 125 Å². The fraction of sp³-hybridized carbons (Fsp3) is 0.143. The van der Waals surface area contributed by atoms with Crippen LogP contribution in [0.15, 0.2) is 36.4 Å². The normalized spacial score (nSPS) is 12.2. The lowest BCUT2D eigenvalue weighted by Crippen LogP contribution is -2.00.